The number of methoxy groups -OCH3 is 2. The second kappa shape index (κ2) is 10.3. The number of hydrogen-bond donors (Lipinski definition) is 1. The van der Waals surface area contributed by atoms with Crippen LogP contribution in [0.5, 0.6) is 0 Å². The Labute approximate surface area is 201 Å². The monoisotopic (exact) mass is 477 g/mol. The SMILES string of the molecule is COCCN(C(=O)c1cc(C)c2ncn(-c3ccc(NC(=O)OC)nc3)c2c1)c1ccc(F)cc1. The Balaban J connectivity index is 1.71. The first-order valence-corrected chi connectivity index (χ1v) is 10.8. The molecule has 2 heterocycles. The van der Waals surface area contributed by atoms with Crippen LogP contribution >= 0.6 is 0 Å². The van der Waals surface area contributed by atoms with Gasteiger partial charge in [-0.15, -0.1) is 0 Å². The Kier molecular flexibility index (Phi) is 7.02. The lowest BCUT2D eigenvalue weighted by Crippen LogP contribution is -2.34. The summed E-state index contributed by atoms with van der Waals surface area (Å²) >= 11 is 0. The van der Waals surface area contributed by atoms with Crippen LogP contribution in [0, 0.1) is 12.7 Å². The van der Waals surface area contributed by atoms with Gasteiger partial charge in [-0.2, -0.15) is 0 Å². The van der Waals surface area contributed by atoms with Crippen molar-refractivity contribution < 1.29 is 23.5 Å². The van der Waals surface area contributed by atoms with E-state index < -0.39 is 6.09 Å². The Morgan fingerprint density at radius 2 is 1.86 bits per heavy atom. The van der Waals surface area contributed by atoms with Crippen molar-refractivity contribution in [2.75, 3.05) is 37.6 Å². The Morgan fingerprint density at radius 1 is 1.09 bits per heavy atom. The lowest BCUT2D eigenvalue weighted by atomic mass is 10.1. The highest BCUT2D eigenvalue weighted by atomic mass is 19.1. The predicted molar refractivity (Wildman–Crippen MR) is 130 cm³/mol. The molecular formula is C25H24FN5O4. The number of nitrogens with zero attached hydrogens (tertiary/aromatic N) is 4. The number of rotatable bonds is 7. The van der Waals surface area contributed by atoms with Crippen molar-refractivity contribution >= 4 is 34.5 Å². The summed E-state index contributed by atoms with van der Waals surface area (Å²) in [4.78, 5) is 35.3. The van der Waals surface area contributed by atoms with Gasteiger partial charge in [0.2, 0.25) is 0 Å². The van der Waals surface area contributed by atoms with Crippen molar-refractivity contribution in [2.24, 2.45) is 0 Å². The molecule has 4 aromatic rings. The van der Waals surface area contributed by atoms with E-state index in [1.165, 1.54) is 19.2 Å². The maximum absolute atomic E-state index is 13.6. The number of hydrogen-bond acceptors (Lipinski definition) is 6. The van der Waals surface area contributed by atoms with Crippen LogP contribution in [0.4, 0.5) is 20.7 Å². The maximum Gasteiger partial charge on any atom is 0.412 e. The van der Waals surface area contributed by atoms with Gasteiger partial charge in [0.25, 0.3) is 5.91 Å². The van der Waals surface area contributed by atoms with Gasteiger partial charge < -0.3 is 14.4 Å². The average molecular weight is 477 g/mol. The van der Waals surface area contributed by atoms with Gasteiger partial charge >= 0.3 is 6.09 Å². The number of carbonyl (C=O) groups is 2. The molecule has 180 valence electrons. The minimum absolute atomic E-state index is 0.248. The molecule has 0 radical (unpaired) electrons. The zero-order chi connectivity index (χ0) is 24.9. The second-order valence-corrected chi connectivity index (χ2v) is 7.72. The van der Waals surface area contributed by atoms with E-state index in [2.05, 4.69) is 20.0 Å². The minimum atomic E-state index is -0.615. The standard InChI is InChI=1S/C25H24FN5O4/c1-16-12-17(24(32)30(10-11-34-2)19-6-4-18(26)5-7-19)13-21-23(16)28-15-31(21)20-8-9-22(27-14-20)29-25(33)35-3/h4-9,12-15H,10-11H2,1-3H3,(H,27,29,33). The zero-order valence-corrected chi connectivity index (χ0v) is 19.5. The first-order valence-electron chi connectivity index (χ1n) is 10.8. The molecule has 10 heteroatoms. The number of imidazole rings is 1. The lowest BCUT2D eigenvalue weighted by molar-refractivity contribution is 0.0976. The number of fused-ring (bicyclic) bond motifs is 1. The second-order valence-electron chi connectivity index (χ2n) is 7.72. The zero-order valence-electron chi connectivity index (χ0n) is 19.5. The Bertz CT molecular complexity index is 1350. The van der Waals surface area contributed by atoms with Crippen LogP contribution in [0.3, 0.4) is 0 Å². The number of anilines is 2. The van der Waals surface area contributed by atoms with Crippen LogP contribution in [0.15, 0.2) is 61.1 Å². The summed E-state index contributed by atoms with van der Waals surface area (Å²) in [5.74, 6) is -0.289. The molecule has 0 bridgehead atoms. The molecule has 0 aliphatic heterocycles. The molecule has 2 amide bonds. The predicted octanol–water partition coefficient (Wildman–Crippen LogP) is 4.34. The summed E-state index contributed by atoms with van der Waals surface area (Å²) in [5.41, 5.74) is 4.00. The molecule has 4 rings (SSSR count). The summed E-state index contributed by atoms with van der Waals surface area (Å²) in [5, 5.41) is 2.50. The third-order valence-electron chi connectivity index (χ3n) is 5.43. The van der Waals surface area contributed by atoms with Crippen LogP contribution in [-0.2, 0) is 9.47 Å². The summed E-state index contributed by atoms with van der Waals surface area (Å²) in [6, 6.07) is 12.7. The van der Waals surface area contributed by atoms with Crippen LogP contribution in [0.1, 0.15) is 15.9 Å². The number of ether oxygens (including phenoxy) is 2. The summed E-state index contributed by atoms with van der Waals surface area (Å²) in [6.07, 6.45) is 2.62. The summed E-state index contributed by atoms with van der Waals surface area (Å²) < 4.78 is 25.0. The van der Waals surface area contributed by atoms with Crippen LogP contribution in [-0.4, -0.2) is 53.9 Å². The van der Waals surface area contributed by atoms with E-state index in [1.807, 2.05) is 11.5 Å². The third kappa shape index (κ3) is 5.12. The minimum Gasteiger partial charge on any atom is -0.453 e. The highest BCUT2D eigenvalue weighted by molar-refractivity contribution is 6.08. The molecular weight excluding hydrogens is 453 g/mol. The van der Waals surface area contributed by atoms with Crippen LogP contribution < -0.4 is 10.2 Å². The molecule has 0 saturated carbocycles. The molecule has 2 aromatic heterocycles. The first kappa shape index (κ1) is 23.8. The van der Waals surface area contributed by atoms with E-state index in [0.29, 0.717) is 35.9 Å². The van der Waals surface area contributed by atoms with Gasteiger partial charge in [0.05, 0.1) is 36.6 Å². The van der Waals surface area contributed by atoms with Crippen molar-refractivity contribution in [1.29, 1.82) is 0 Å². The van der Waals surface area contributed by atoms with Crippen LogP contribution in [0.25, 0.3) is 16.7 Å². The molecule has 0 aliphatic rings. The number of pyridine rings is 1. The molecule has 0 spiro atoms. The van der Waals surface area contributed by atoms with Crippen molar-refractivity contribution in [3.8, 4) is 5.69 Å². The van der Waals surface area contributed by atoms with Crippen molar-refractivity contribution in [1.82, 2.24) is 14.5 Å². The highest BCUT2D eigenvalue weighted by Crippen LogP contribution is 2.25. The quantitative estimate of drug-likeness (QED) is 0.425. The number of aromatic nitrogens is 3. The molecule has 1 N–H and O–H groups in total. The molecule has 35 heavy (non-hydrogen) atoms. The first-order chi connectivity index (χ1) is 16.9. The van der Waals surface area contributed by atoms with E-state index >= 15 is 0 Å². The van der Waals surface area contributed by atoms with Crippen molar-refractivity contribution in [2.45, 2.75) is 6.92 Å². The van der Waals surface area contributed by atoms with E-state index in [-0.39, 0.29) is 11.7 Å². The van der Waals surface area contributed by atoms with Gasteiger partial charge in [0.15, 0.2) is 0 Å². The fraction of sp³-hybridized carbons (Fsp3) is 0.200. The van der Waals surface area contributed by atoms with E-state index in [9.17, 15) is 14.0 Å². The summed E-state index contributed by atoms with van der Waals surface area (Å²) in [7, 11) is 2.83. The topological polar surface area (TPSA) is 98.6 Å². The average Bonchev–Trinajstić information content (AvgIpc) is 3.30. The number of benzene rings is 2. The number of carbonyl (C=O) groups excluding carboxylic acids is 2. The Morgan fingerprint density at radius 3 is 2.51 bits per heavy atom. The molecule has 0 fully saturated rings. The lowest BCUT2D eigenvalue weighted by Gasteiger charge is -2.23. The van der Waals surface area contributed by atoms with Gasteiger partial charge in [-0.3, -0.25) is 14.7 Å². The maximum atomic E-state index is 13.6. The third-order valence-corrected chi connectivity index (χ3v) is 5.43. The fourth-order valence-corrected chi connectivity index (χ4v) is 3.68. The molecule has 0 unspecified atom stereocenters. The Hall–Kier alpha value is -4.31. The number of nitrogens with one attached hydrogen (secondary N) is 1. The summed E-state index contributed by atoms with van der Waals surface area (Å²) in [6.45, 7) is 2.51. The van der Waals surface area contributed by atoms with Gasteiger partial charge in [0.1, 0.15) is 18.0 Å². The number of halogens is 1. The normalized spacial score (nSPS) is 10.9. The smallest absolute Gasteiger partial charge is 0.412 e. The number of amides is 2. The molecule has 9 nitrogen and oxygen atoms in total. The van der Waals surface area contributed by atoms with E-state index in [0.717, 1.165) is 16.6 Å². The van der Waals surface area contributed by atoms with Gasteiger partial charge in [0, 0.05) is 24.9 Å². The van der Waals surface area contributed by atoms with Crippen molar-refractivity contribution in [3.05, 3.63) is 78.0 Å². The van der Waals surface area contributed by atoms with Crippen molar-refractivity contribution in [3.63, 3.8) is 0 Å². The van der Waals surface area contributed by atoms with Gasteiger partial charge in [-0.25, -0.2) is 19.2 Å². The fourth-order valence-electron chi connectivity index (χ4n) is 3.68. The number of aryl methyl sites for hydroxylation is 1. The van der Waals surface area contributed by atoms with E-state index in [4.69, 9.17) is 4.74 Å². The molecule has 0 saturated heterocycles. The van der Waals surface area contributed by atoms with E-state index in [1.54, 1.807) is 60.9 Å². The molecule has 2 aromatic carbocycles. The largest absolute Gasteiger partial charge is 0.453 e. The molecule has 0 aliphatic carbocycles. The molecule has 0 atom stereocenters. The van der Waals surface area contributed by atoms with Crippen LogP contribution in [0.2, 0.25) is 0 Å². The van der Waals surface area contributed by atoms with Gasteiger partial charge in [-0.05, 0) is 61.0 Å². The van der Waals surface area contributed by atoms with Gasteiger partial charge in [-0.1, -0.05) is 0 Å². The highest BCUT2D eigenvalue weighted by Gasteiger charge is 2.20.